The molecule has 7 heteroatoms. The molecule has 0 aromatic heterocycles. The number of rotatable bonds is 5. The Labute approximate surface area is 119 Å². The van der Waals surface area contributed by atoms with E-state index in [9.17, 15) is 14.4 Å². The van der Waals surface area contributed by atoms with E-state index in [0.717, 1.165) is 4.90 Å². The van der Waals surface area contributed by atoms with Crippen molar-refractivity contribution in [2.75, 3.05) is 13.7 Å². The van der Waals surface area contributed by atoms with Crippen LogP contribution in [0.4, 0.5) is 4.79 Å². The quantitative estimate of drug-likeness (QED) is 0.738. The van der Waals surface area contributed by atoms with Crippen LogP contribution in [0, 0.1) is 5.92 Å². The van der Waals surface area contributed by atoms with Gasteiger partial charge in [0.1, 0.15) is 12.6 Å². The van der Waals surface area contributed by atoms with E-state index < -0.39 is 36.1 Å². The second-order valence-corrected chi connectivity index (χ2v) is 5.85. The van der Waals surface area contributed by atoms with Crippen LogP contribution in [0.3, 0.4) is 0 Å². The fourth-order valence-electron chi connectivity index (χ4n) is 1.58. The smallest absolute Gasteiger partial charge is 0.328 e. The Morgan fingerprint density at radius 3 is 2.05 bits per heavy atom. The second kappa shape index (κ2) is 7.12. The van der Waals surface area contributed by atoms with Crippen LogP contribution < -0.4 is 5.32 Å². The van der Waals surface area contributed by atoms with Gasteiger partial charge >= 0.3 is 18.0 Å². The summed E-state index contributed by atoms with van der Waals surface area (Å²) in [6, 6.07) is -1.42. The van der Waals surface area contributed by atoms with Crippen LogP contribution in [0.15, 0.2) is 0 Å². The Kier molecular flexibility index (Phi) is 6.48. The van der Waals surface area contributed by atoms with Crippen LogP contribution >= 0.6 is 0 Å². The van der Waals surface area contributed by atoms with Gasteiger partial charge in [-0.05, 0) is 26.7 Å². The summed E-state index contributed by atoms with van der Waals surface area (Å²) in [4.78, 5) is 35.8. The predicted octanol–water partition coefficient (Wildman–Crippen LogP) is 1.08. The lowest BCUT2D eigenvalue weighted by molar-refractivity contribution is -0.144. The molecule has 0 saturated carbocycles. The number of carboxylic acids is 1. The number of ether oxygens (including phenoxy) is 1. The molecule has 0 fully saturated rings. The van der Waals surface area contributed by atoms with Crippen molar-refractivity contribution in [2.24, 2.45) is 5.92 Å². The largest absolute Gasteiger partial charge is 0.480 e. The van der Waals surface area contributed by atoms with Gasteiger partial charge in [-0.2, -0.15) is 0 Å². The number of aliphatic carboxylic acids is 1. The summed E-state index contributed by atoms with van der Waals surface area (Å²) in [6.45, 7) is 8.25. The monoisotopic (exact) mass is 288 g/mol. The molecule has 2 N–H and O–H groups in total. The Morgan fingerprint density at radius 1 is 1.25 bits per heavy atom. The summed E-state index contributed by atoms with van der Waals surface area (Å²) >= 11 is 0. The van der Waals surface area contributed by atoms with Crippen molar-refractivity contribution in [2.45, 2.75) is 46.2 Å². The number of amides is 2. The Hall–Kier alpha value is -1.79. The van der Waals surface area contributed by atoms with E-state index in [1.807, 2.05) is 0 Å². The minimum atomic E-state index is -1.12. The Balaban J connectivity index is 5.07. The fourth-order valence-corrected chi connectivity index (χ4v) is 1.58. The highest BCUT2D eigenvalue weighted by molar-refractivity contribution is 5.86. The van der Waals surface area contributed by atoms with Crippen molar-refractivity contribution in [1.29, 1.82) is 0 Å². The zero-order valence-electron chi connectivity index (χ0n) is 12.9. The van der Waals surface area contributed by atoms with Gasteiger partial charge in [0.2, 0.25) is 0 Å². The van der Waals surface area contributed by atoms with Gasteiger partial charge in [-0.15, -0.1) is 0 Å². The zero-order valence-corrected chi connectivity index (χ0v) is 12.9. The maximum atomic E-state index is 12.2. The average Bonchev–Trinajstić information content (AvgIpc) is 2.29. The predicted molar refractivity (Wildman–Crippen MR) is 73.3 cm³/mol. The van der Waals surface area contributed by atoms with Crippen LogP contribution in [0.5, 0.6) is 0 Å². The maximum Gasteiger partial charge on any atom is 0.328 e. The molecular formula is C13H24N2O5. The summed E-state index contributed by atoms with van der Waals surface area (Å²) in [5, 5.41) is 11.4. The van der Waals surface area contributed by atoms with Crippen LogP contribution in [0.2, 0.25) is 0 Å². The summed E-state index contributed by atoms with van der Waals surface area (Å²) in [5.41, 5.74) is -0.680. The lowest BCUT2D eigenvalue weighted by atomic mass is 10.0. The molecule has 0 saturated heterocycles. The highest BCUT2D eigenvalue weighted by Crippen LogP contribution is 2.14. The number of carbonyl (C=O) groups is 3. The number of urea groups is 1. The number of carbonyl (C=O) groups excluding carboxylic acids is 2. The van der Waals surface area contributed by atoms with Crippen molar-refractivity contribution in [3.63, 3.8) is 0 Å². The third kappa shape index (κ3) is 5.46. The number of nitrogens with one attached hydrogen (secondary N) is 1. The first-order valence-corrected chi connectivity index (χ1v) is 6.38. The molecule has 2 amide bonds. The van der Waals surface area contributed by atoms with Gasteiger partial charge in [-0.3, -0.25) is 4.79 Å². The summed E-state index contributed by atoms with van der Waals surface area (Å²) in [6.07, 6.45) is 0. The first-order valence-electron chi connectivity index (χ1n) is 6.38. The first-order chi connectivity index (χ1) is 9.00. The number of hydrogen-bond donors (Lipinski definition) is 2. The van der Waals surface area contributed by atoms with Gasteiger partial charge in [-0.25, -0.2) is 9.59 Å². The van der Waals surface area contributed by atoms with Gasteiger partial charge in [-0.1, -0.05) is 13.8 Å². The van der Waals surface area contributed by atoms with Crippen molar-refractivity contribution in [3.8, 4) is 0 Å². The molecule has 0 aliphatic carbocycles. The van der Waals surface area contributed by atoms with Crippen molar-refractivity contribution in [3.05, 3.63) is 0 Å². The molecule has 116 valence electrons. The fraction of sp³-hybridized carbons (Fsp3) is 0.769. The van der Waals surface area contributed by atoms with E-state index >= 15 is 0 Å². The number of methoxy groups -OCH3 is 1. The molecule has 0 aliphatic heterocycles. The summed E-state index contributed by atoms with van der Waals surface area (Å²) < 4.78 is 4.63. The molecule has 0 heterocycles. The van der Waals surface area contributed by atoms with E-state index in [-0.39, 0.29) is 5.92 Å². The van der Waals surface area contributed by atoms with Gasteiger partial charge in [0.15, 0.2) is 0 Å². The lowest BCUT2D eigenvalue weighted by Crippen LogP contribution is -2.56. The molecule has 0 bridgehead atoms. The molecule has 0 radical (unpaired) electrons. The third-order valence-electron chi connectivity index (χ3n) is 2.75. The van der Waals surface area contributed by atoms with Gasteiger partial charge < -0.3 is 20.1 Å². The standard InChI is InChI=1S/C13H24N2O5/c1-8(2)10(11(18)20-6)14-12(19)15(7-9(16)17)13(3,4)5/h8,10H,7H2,1-6H3,(H,14,19)(H,16,17). The molecule has 1 unspecified atom stereocenters. The van der Waals surface area contributed by atoms with E-state index in [1.165, 1.54) is 7.11 Å². The van der Waals surface area contributed by atoms with E-state index in [0.29, 0.717) is 0 Å². The number of esters is 1. The molecule has 1 atom stereocenters. The van der Waals surface area contributed by atoms with Crippen molar-refractivity contribution < 1.29 is 24.2 Å². The minimum Gasteiger partial charge on any atom is -0.480 e. The molecule has 0 aromatic carbocycles. The molecule has 20 heavy (non-hydrogen) atoms. The lowest BCUT2D eigenvalue weighted by Gasteiger charge is -2.35. The normalized spacial score (nSPS) is 12.8. The van der Waals surface area contributed by atoms with E-state index in [4.69, 9.17) is 5.11 Å². The zero-order chi connectivity index (χ0) is 16.1. The molecular weight excluding hydrogens is 264 g/mol. The van der Waals surface area contributed by atoms with E-state index in [2.05, 4.69) is 10.1 Å². The Morgan fingerprint density at radius 2 is 1.75 bits per heavy atom. The summed E-state index contributed by atoms with van der Waals surface area (Å²) in [7, 11) is 1.24. The van der Waals surface area contributed by atoms with Crippen LogP contribution in [-0.2, 0) is 14.3 Å². The van der Waals surface area contributed by atoms with Crippen molar-refractivity contribution >= 4 is 18.0 Å². The SMILES string of the molecule is COC(=O)C(NC(=O)N(CC(=O)O)C(C)(C)C)C(C)C. The highest BCUT2D eigenvalue weighted by atomic mass is 16.5. The summed E-state index contributed by atoms with van der Waals surface area (Å²) in [5.74, 6) is -1.84. The first kappa shape index (κ1) is 18.2. The van der Waals surface area contributed by atoms with Crippen molar-refractivity contribution in [1.82, 2.24) is 10.2 Å². The van der Waals surface area contributed by atoms with Gasteiger partial charge in [0.25, 0.3) is 0 Å². The molecule has 0 spiro atoms. The van der Waals surface area contributed by atoms with Crippen LogP contribution in [0.25, 0.3) is 0 Å². The molecule has 0 rings (SSSR count). The molecule has 0 aromatic rings. The average molecular weight is 288 g/mol. The molecule has 0 aliphatic rings. The number of carboxylic acid groups (broad SMARTS) is 1. The maximum absolute atomic E-state index is 12.2. The molecule has 7 nitrogen and oxygen atoms in total. The topological polar surface area (TPSA) is 95.9 Å². The number of hydrogen-bond acceptors (Lipinski definition) is 4. The van der Waals surface area contributed by atoms with Gasteiger partial charge in [0.05, 0.1) is 7.11 Å². The number of nitrogens with zero attached hydrogens (tertiary/aromatic N) is 1. The highest BCUT2D eigenvalue weighted by Gasteiger charge is 2.32. The minimum absolute atomic E-state index is 0.168. The van der Waals surface area contributed by atoms with Crippen LogP contribution in [0.1, 0.15) is 34.6 Å². The van der Waals surface area contributed by atoms with Gasteiger partial charge in [0, 0.05) is 5.54 Å². The Bertz CT molecular complexity index is 373. The van der Waals surface area contributed by atoms with E-state index in [1.54, 1.807) is 34.6 Å². The third-order valence-corrected chi connectivity index (χ3v) is 2.75. The second-order valence-electron chi connectivity index (χ2n) is 5.85. The van der Waals surface area contributed by atoms with Crippen LogP contribution in [-0.4, -0.2) is 53.2 Å².